The molecule has 0 aromatic carbocycles. The van der Waals surface area contributed by atoms with E-state index in [9.17, 15) is 4.79 Å². The number of hydrogen-bond donors (Lipinski definition) is 0. The number of rotatable bonds is 0. The Kier molecular flexibility index (Phi) is 0.449. The van der Waals surface area contributed by atoms with Crippen LogP contribution in [0.2, 0.25) is 0 Å². The summed E-state index contributed by atoms with van der Waals surface area (Å²) in [6.45, 7) is 0. The van der Waals surface area contributed by atoms with Gasteiger partial charge in [-0.05, 0) is 36.0 Å². The molecule has 0 heterocycles. The van der Waals surface area contributed by atoms with E-state index in [4.69, 9.17) is 0 Å². The van der Waals surface area contributed by atoms with E-state index in [1.807, 2.05) is 0 Å². The molecule has 0 spiro atoms. The van der Waals surface area contributed by atoms with Crippen LogP contribution in [0, 0.1) is 35.5 Å². The lowest BCUT2D eigenvalue weighted by Gasteiger charge is -2.03. The van der Waals surface area contributed by atoms with Crippen LogP contribution >= 0.6 is 0 Å². The molecule has 0 amide bonds. The molecule has 5 saturated carbocycles. The van der Waals surface area contributed by atoms with Gasteiger partial charge in [0.15, 0.2) is 0 Å². The topological polar surface area (TPSA) is 17.1 Å². The number of carbonyl (C=O) groups is 1. The largest absolute Gasteiger partial charge is 0.299 e. The zero-order valence-corrected chi connectivity index (χ0v) is 5.79. The normalized spacial score (nSPS) is 73.4. The first-order valence-electron chi connectivity index (χ1n) is 4.40. The van der Waals surface area contributed by atoms with E-state index < -0.39 is 0 Å². The zero-order valence-electron chi connectivity index (χ0n) is 5.79. The van der Waals surface area contributed by atoms with Crippen molar-refractivity contribution in [3.8, 4) is 0 Å². The van der Waals surface area contributed by atoms with Gasteiger partial charge in [-0.1, -0.05) is 0 Å². The third-order valence-corrected chi connectivity index (χ3v) is 4.57. The molecule has 5 aliphatic carbocycles. The van der Waals surface area contributed by atoms with Gasteiger partial charge in [0.05, 0.1) is 0 Å². The lowest BCUT2D eigenvalue weighted by Crippen LogP contribution is -2.11. The van der Waals surface area contributed by atoms with Crippen LogP contribution in [-0.2, 0) is 4.79 Å². The third kappa shape index (κ3) is 0.240. The summed E-state index contributed by atoms with van der Waals surface area (Å²) in [6.07, 6.45) is 2.39. The molecule has 5 aliphatic rings. The van der Waals surface area contributed by atoms with Gasteiger partial charge in [-0.3, -0.25) is 4.79 Å². The summed E-state index contributed by atoms with van der Waals surface area (Å²) >= 11 is 0. The van der Waals surface area contributed by atoms with Gasteiger partial charge in [0.2, 0.25) is 0 Å². The molecule has 5 rings (SSSR count). The molecule has 5 fully saturated rings. The average Bonchev–Trinajstić information content (AvgIpc) is 2.34. The first kappa shape index (κ1) is 4.53. The van der Waals surface area contributed by atoms with Crippen LogP contribution in [0.5, 0.6) is 0 Å². The predicted molar refractivity (Wildman–Crippen MR) is 35.2 cm³/mol. The lowest BCUT2D eigenvalue weighted by molar-refractivity contribution is -0.122. The Labute approximate surface area is 59.8 Å². The van der Waals surface area contributed by atoms with Crippen LogP contribution < -0.4 is 0 Å². The lowest BCUT2D eigenvalue weighted by atomic mass is 10.00. The minimum atomic E-state index is 0.583. The van der Waals surface area contributed by atoms with Crippen LogP contribution in [0.4, 0.5) is 0 Å². The van der Waals surface area contributed by atoms with Crippen LogP contribution in [-0.4, -0.2) is 5.78 Å². The van der Waals surface area contributed by atoms with Gasteiger partial charge in [-0.25, -0.2) is 0 Å². The van der Waals surface area contributed by atoms with Crippen LogP contribution in [0.15, 0.2) is 0 Å². The molecular formula is C9H10O. The number of carbonyl (C=O) groups excluding carboxylic acids is 1. The van der Waals surface area contributed by atoms with Gasteiger partial charge >= 0.3 is 0 Å². The van der Waals surface area contributed by atoms with Gasteiger partial charge in [-0.2, -0.15) is 0 Å². The molecule has 0 saturated heterocycles. The summed E-state index contributed by atoms with van der Waals surface area (Å²) < 4.78 is 0. The molecule has 10 heavy (non-hydrogen) atoms. The van der Waals surface area contributed by atoms with Crippen molar-refractivity contribution in [1.29, 1.82) is 0 Å². The van der Waals surface area contributed by atoms with E-state index in [2.05, 4.69) is 0 Å². The zero-order chi connectivity index (χ0) is 6.46. The maximum absolute atomic E-state index is 11.3. The standard InChI is InChI=1S/C9H10O/c10-6-2-4-3-1-5-7(4)9(5)8(3)6/h3-5,7-9H,1-2H2/t3-,4-,5+,7?,8-,9?/m0/s1. The molecule has 0 aromatic rings. The molecule has 6 atom stereocenters. The Bertz CT molecular complexity index is 245. The van der Waals surface area contributed by atoms with Crippen molar-refractivity contribution in [2.45, 2.75) is 12.8 Å². The summed E-state index contributed by atoms with van der Waals surface area (Å²) in [5.74, 6) is 5.96. The summed E-state index contributed by atoms with van der Waals surface area (Å²) in [5, 5.41) is 0. The second-order valence-corrected chi connectivity index (χ2v) is 4.58. The highest BCUT2D eigenvalue weighted by Gasteiger charge is 2.77. The summed E-state index contributed by atoms with van der Waals surface area (Å²) in [6, 6.07) is 0. The van der Waals surface area contributed by atoms with Crippen LogP contribution in [0.3, 0.4) is 0 Å². The van der Waals surface area contributed by atoms with Crippen molar-refractivity contribution in [2.75, 3.05) is 0 Å². The SMILES string of the molecule is O=C1C[C@@H]2C3C4[C@@H]3C[C@@H]2[C@@H]14. The fraction of sp³-hybridized carbons (Fsp3) is 0.889. The average molecular weight is 134 g/mol. The Morgan fingerprint density at radius 3 is 2.50 bits per heavy atom. The van der Waals surface area contributed by atoms with E-state index in [0.29, 0.717) is 11.7 Å². The Hall–Kier alpha value is -0.330. The van der Waals surface area contributed by atoms with Crippen LogP contribution in [0.1, 0.15) is 12.8 Å². The van der Waals surface area contributed by atoms with Crippen molar-refractivity contribution >= 4 is 5.78 Å². The predicted octanol–water partition coefficient (Wildman–Crippen LogP) is 1.09. The highest BCUT2D eigenvalue weighted by atomic mass is 16.1. The van der Waals surface area contributed by atoms with E-state index in [1.165, 1.54) is 6.42 Å². The molecule has 0 radical (unpaired) electrons. The molecular weight excluding hydrogens is 124 g/mol. The maximum Gasteiger partial charge on any atom is 0.136 e. The van der Waals surface area contributed by atoms with Crippen molar-refractivity contribution in [3.05, 3.63) is 0 Å². The Morgan fingerprint density at radius 1 is 1.10 bits per heavy atom. The monoisotopic (exact) mass is 134 g/mol. The first-order chi connectivity index (χ1) is 4.88. The quantitative estimate of drug-likeness (QED) is 0.484. The molecule has 52 valence electrons. The fourth-order valence-corrected chi connectivity index (χ4v) is 4.43. The third-order valence-electron chi connectivity index (χ3n) is 4.57. The van der Waals surface area contributed by atoms with Crippen LogP contribution in [0.25, 0.3) is 0 Å². The second-order valence-electron chi connectivity index (χ2n) is 4.58. The molecule has 1 heteroatoms. The van der Waals surface area contributed by atoms with E-state index >= 15 is 0 Å². The highest BCUT2D eigenvalue weighted by molar-refractivity contribution is 5.87. The minimum Gasteiger partial charge on any atom is -0.299 e. The molecule has 0 N–H and O–H groups in total. The molecule has 0 aliphatic heterocycles. The van der Waals surface area contributed by atoms with Crippen molar-refractivity contribution in [3.63, 3.8) is 0 Å². The highest BCUT2D eigenvalue weighted by Crippen LogP contribution is 2.79. The number of Topliss-reactive ketones (excluding diaryl/α,β-unsaturated/α-hetero) is 1. The van der Waals surface area contributed by atoms with Gasteiger partial charge in [0, 0.05) is 12.3 Å². The van der Waals surface area contributed by atoms with Gasteiger partial charge in [0.25, 0.3) is 0 Å². The van der Waals surface area contributed by atoms with Gasteiger partial charge < -0.3 is 0 Å². The summed E-state index contributed by atoms with van der Waals surface area (Å²) in [5.41, 5.74) is 0. The number of ketones is 1. The van der Waals surface area contributed by atoms with Gasteiger partial charge in [0.1, 0.15) is 5.78 Å². The summed E-state index contributed by atoms with van der Waals surface area (Å²) in [7, 11) is 0. The first-order valence-corrected chi connectivity index (χ1v) is 4.40. The Morgan fingerprint density at radius 2 is 2.00 bits per heavy atom. The van der Waals surface area contributed by atoms with E-state index in [1.54, 1.807) is 0 Å². The molecule has 2 unspecified atom stereocenters. The van der Waals surface area contributed by atoms with Crippen molar-refractivity contribution in [2.24, 2.45) is 35.5 Å². The summed E-state index contributed by atoms with van der Waals surface area (Å²) in [4.78, 5) is 11.3. The Balaban J connectivity index is 2.00. The van der Waals surface area contributed by atoms with E-state index in [0.717, 1.165) is 36.0 Å². The minimum absolute atomic E-state index is 0.583. The molecule has 0 aromatic heterocycles. The van der Waals surface area contributed by atoms with Gasteiger partial charge in [-0.15, -0.1) is 0 Å². The van der Waals surface area contributed by atoms with E-state index in [-0.39, 0.29) is 0 Å². The van der Waals surface area contributed by atoms with Crippen molar-refractivity contribution in [1.82, 2.24) is 0 Å². The van der Waals surface area contributed by atoms with Crippen molar-refractivity contribution < 1.29 is 4.79 Å². The molecule has 1 nitrogen and oxygen atoms in total. The second kappa shape index (κ2) is 0.992. The fourth-order valence-electron chi connectivity index (χ4n) is 4.43. The smallest absolute Gasteiger partial charge is 0.136 e. The number of hydrogen-bond acceptors (Lipinski definition) is 1. The molecule has 6 bridgehead atoms. The maximum atomic E-state index is 11.3.